The number of aryl methyl sites for hydroxylation is 1. The summed E-state index contributed by atoms with van der Waals surface area (Å²) in [5, 5.41) is 15.7. The molecule has 4 heteroatoms. The Morgan fingerprint density at radius 3 is 2.48 bits per heavy atom. The van der Waals surface area contributed by atoms with Crippen molar-refractivity contribution in [2.75, 3.05) is 11.9 Å². The third-order valence-corrected chi connectivity index (χ3v) is 4.24. The summed E-state index contributed by atoms with van der Waals surface area (Å²) in [7, 11) is 0. The van der Waals surface area contributed by atoms with Crippen LogP contribution in [0.25, 0.3) is 0 Å². The smallest absolute Gasteiger partial charge is 0.241 e. The maximum atomic E-state index is 12.1. The molecule has 0 aliphatic heterocycles. The lowest BCUT2D eigenvalue weighted by molar-refractivity contribution is -0.117. The normalized spacial score (nSPS) is 23.6. The van der Waals surface area contributed by atoms with E-state index >= 15 is 0 Å². The Balaban J connectivity index is 1.73. The van der Waals surface area contributed by atoms with Crippen molar-refractivity contribution in [3.63, 3.8) is 0 Å². The fourth-order valence-electron chi connectivity index (χ4n) is 2.67. The van der Waals surface area contributed by atoms with Gasteiger partial charge in [-0.1, -0.05) is 17.7 Å². The Kier molecular flexibility index (Phi) is 5.76. The molecule has 4 nitrogen and oxygen atoms in total. The van der Waals surface area contributed by atoms with Crippen molar-refractivity contribution in [2.45, 2.75) is 51.7 Å². The molecule has 3 N–H and O–H groups in total. The van der Waals surface area contributed by atoms with Crippen LogP contribution in [0.5, 0.6) is 0 Å². The Morgan fingerprint density at radius 1 is 1.24 bits per heavy atom. The van der Waals surface area contributed by atoms with Crippen molar-refractivity contribution in [3.8, 4) is 0 Å². The summed E-state index contributed by atoms with van der Waals surface area (Å²) in [6, 6.07) is 7.60. The predicted molar refractivity (Wildman–Crippen MR) is 85.2 cm³/mol. The lowest BCUT2D eigenvalue weighted by Crippen LogP contribution is -2.41. The molecule has 0 aromatic heterocycles. The van der Waals surface area contributed by atoms with Crippen LogP contribution in [0.4, 0.5) is 5.69 Å². The highest BCUT2D eigenvalue weighted by atomic mass is 16.3. The van der Waals surface area contributed by atoms with Crippen LogP contribution >= 0.6 is 0 Å². The number of rotatable bonds is 5. The van der Waals surface area contributed by atoms with E-state index in [9.17, 15) is 9.90 Å². The van der Waals surface area contributed by atoms with E-state index in [1.165, 1.54) is 5.56 Å². The number of carbonyl (C=O) groups is 1. The minimum absolute atomic E-state index is 0.00491. The molecule has 1 aliphatic carbocycles. The monoisotopic (exact) mass is 290 g/mol. The average Bonchev–Trinajstić information content (AvgIpc) is 2.48. The van der Waals surface area contributed by atoms with Crippen LogP contribution < -0.4 is 10.6 Å². The van der Waals surface area contributed by atoms with Gasteiger partial charge in [0.05, 0.1) is 12.1 Å². The molecule has 1 saturated carbocycles. The Labute approximate surface area is 126 Å². The second kappa shape index (κ2) is 7.57. The number of hydrogen-bond donors (Lipinski definition) is 3. The highest BCUT2D eigenvalue weighted by Gasteiger charge is 2.21. The zero-order valence-electron chi connectivity index (χ0n) is 12.9. The maximum Gasteiger partial charge on any atom is 0.241 e. The standard InChI is InChI=1S/C17H26N2O2/c1-12-3-7-15(8-4-12)19-17(21)13(2)18-11-14-5-9-16(20)10-6-14/h3-4,7-8,13-14,16,18,20H,5-6,9-11H2,1-2H3,(H,19,21). The van der Waals surface area contributed by atoms with Gasteiger partial charge in [0.15, 0.2) is 0 Å². The van der Waals surface area contributed by atoms with Gasteiger partial charge < -0.3 is 15.7 Å². The van der Waals surface area contributed by atoms with E-state index in [0.29, 0.717) is 5.92 Å². The summed E-state index contributed by atoms with van der Waals surface area (Å²) >= 11 is 0. The molecule has 1 unspecified atom stereocenters. The second-order valence-corrected chi connectivity index (χ2v) is 6.16. The number of carbonyl (C=O) groups excluding carboxylic acids is 1. The fourth-order valence-corrected chi connectivity index (χ4v) is 2.67. The Morgan fingerprint density at radius 2 is 1.86 bits per heavy atom. The molecule has 1 fully saturated rings. The van der Waals surface area contributed by atoms with E-state index in [2.05, 4.69) is 10.6 Å². The van der Waals surface area contributed by atoms with Gasteiger partial charge in [-0.3, -0.25) is 4.79 Å². The van der Waals surface area contributed by atoms with Crippen molar-refractivity contribution < 1.29 is 9.90 Å². The topological polar surface area (TPSA) is 61.4 Å². The Hall–Kier alpha value is -1.39. The summed E-state index contributed by atoms with van der Waals surface area (Å²) in [6.07, 6.45) is 3.73. The van der Waals surface area contributed by atoms with Gasteiger partial charge in [-0.25, -0.2) is 0 Å². The summed E-state index contributed by atoms with van der Waals surface area (Å²) in [5.74, 6) is 0.567. The number of aliphatic hydroxyl groups is 1. The SMILES string of the molecule is Cc1ccc(NC(=O)C(C)NCC2CCC(O)CC2)cc1. The molecule has 116 valence electrons. The van der Waals surface area contributed by atoms with E-state index in [0.717, 1.165) is 37.9 Å². The third-order valence-electron chi connectivity index (χ3n) is 4.24. The van der Waals surface area contributed by atoms with Gasteiger partial charge in [0, 0.05) is 5.69 Å². The summed E-state index contributed by atoms with van der Waals surface area (Å²) in [6.45, 7) is 4.76. The van der Waals surface area contributed by atoms with Gasteiger partial charge in [0.25, 0.3) is 0 Å². The van der Waals surface area contributed by atoms with E-state index < -0.39 is 0 Å². The van der Waals surface area contributed by atoms with Crippen molar-refractivity contribution in [1.29, 1.82) is 0 Å². The first-order chi connectivity index (χ1) is 10.0. The van der Waals surface area contributed by atoms with E-state index in [1.807, 2.05) is 38.1 Å². The van der Waals surface area contributed by atoms with Crippen molar-refractivity contribution in [2.24, 2.45) is 5.92 Å². The molecule has 0 radical (unpaired) electrons. The first-order valence-electron chi connectivity index (χ1n) is 7.83. The van der Waals surface area contributed by atoms with Gasteiger partial charge in [0.1, 0.15) is 0 Å². The number of amides is 1. The molecule has 1 aliphatic rings. The average molecular weight is 290 g/mol. The van der Waals surface area contributed by atoms with E-state index in [1.54, 1.807) is 0 Å². The third kappa shape index (κ3) is 5.14. The number of nitrogens with one attached hydrogen (secondary N) is 2. The van der Waals surface area contributed by atoms with Crippen LogP contribution in [0.15, 0.2) is 24.3 Å². The zero-order valence-corrected chi connectivity index (χ0v) is 12.9. The Bertz CT molecular complexity index is 450. The van der Waals surface area contributed by atoms with Crippen molar-refractivity contribution >= 4 is 11.6 Å². The first-order valence-corrected chi connectivity index (χ1v) is 7.83. The highest BCUT2D eigenvalue weighted by Crippen LogP contribution is 2.23. The van der Waals surface area contributed by atoms with E-state index in [-0.39, 0.29) is 18.1 Å². The van der Waals surface area contributed by atoms with Crippen molar-refractivity contribution in [1.82, 2.24) is 5.32 Å². The molecule has 0 heterocycles. The molecule has 1 aromatic carbocycles. The van der Waals surface area contributed by atoms with Gasteiger partial charge in [-0.05, 0) is 64.1 Å². The van der Waals surface area contributed by atoms with Gasteiger partial charge in [0.2, 0.25) is 5.91 Å². The quantitative estimate of drug-likeness (QED) is 0.780. The highest BCUT2D eigenvalue weighted by molar-refractivity contribution is 5.94. The van der Waals surface area contributed by atoms with E-state index in [4.69, 9.17) is 0 Å². The first kappa shape index (κ1) is 16.0. The molecule has 0 spiro atoms. The largest absolute Gasteiger partial charge is 0.393 e. The summed E-state index contributed by atoms with van der Waals surface area (Å²) < 4.78 is 0. The van der Waals surface area contributed by atoms with Gasteiger partial charge in [-0.15, -0.1) is 0 Å². The molecular formula is C17H26N2O2. The molecule has 2 rings (SSSR count). The molecular weight excluding hydrogens is 264 g/mol. The van der Waals surface area contributed by atoms with Crippen LogP contribution in [0, 0.1) is 12.8 Å². The van der Waals surface area contributed by atoms with Crippen LogP contribution in [-0.2, 0) is 4.79 Å². The summed E-state index contributed by atoms with van der Waals surface area (Å²) in [4.78, 5) is 12.1. The number of aliphatic hydroxyl groups excluding tert-OH is 1. The molecule has 0 saturated heterocycles. The van der Waals surface area contributed by atoms with Gasteiger partial charge >= 0.3 is 0 Å². The van der Waals surface area contributed by atoms with Crippen molar-refractivity contribution in [3.05, 3.63) is 29.8 Å². The minimum Gasteiger partial charge on any atom is -0.393 e. The fraction of sp³-hybridized carbons (Fsp3) is 0.588. The van der Waals surface area contributed by atoms with Gasteiger partial charge in [-0.2, -0.15) is 0 Å². The lowest BCUT2D eigenvalue weighted by Gasteiger charge is -2.26. The van der Waals surface area contributed by atoms with Crippen LogP contribution in [0.2, 0.25) is 0 Å². The van der Waals surface area contributed by atoms with Crippen LogP contribution in [0.1, 0.15) is 38.2 Å². The molecule has 1 aromatic rings. The molecule has 0 bridgehead atoms. The predicted octanol–water partition coefficient (Wildman–Crippen LogP) is 2.46. The van der Waals surface area contributed by atoms with Crippen LogP contribution in [-0.4, -0.2) is 29.7 Å². The number of anilines is 1. The maximum absolute atomic E-state index is 12.1. The second-order valence-electron chi connectivity index (χ2n) is 6.16. The minimum atomic E-state index is -0.210. The number of benzene rings is 1. The molecule has 1 atom stereocenters. The molecule has 1 amide bonds. The zero-order chi connectivity index (χ0) is 15.2. The lowest BCUT2D eigenvalue weighted by atomic mass is 9.87. The number of hydrogen-bond acceptors (Lipinski definition) is 3. The van der Waals surface area contributed by atoms with Crippen LogP contribution in [0.3, 0.4) is 0 Å². The summed E-state index contributed by atoms with van der Waals surface area (Å²) in [5.41, 5.74) is 2.01. The molecule has 21 heavy (non-hydrogen) atoms.